The van der Waals surface area contributed by atoms with Crippen molar-refractivity contribution in [1.29, 1.82) is 0 Å². The minimum absolute atomic E-state index is 0.0366. The van der Waals surface area contributed by atoms with Crippen molar-refractivity contribution >= 4 is 41.4 Å². The number of primary amides is 1. The molecule has 1 aromatic rings. The van der Waals surface area contributed by atoms with Crippen molar-refractivity contribution < 1.29 is 63.1 Å². The van der Waals surface area contributed by atoms with Crippen molar-refractivity contribution in [3.63, 3.8) is 0 Å². The number of aliphatic carboxylic acids is 1. The third kappa shape index (κ3) is 25.7. The third-order valence-corrected chi connectivity index (χ3v) is 12.2. The topological polar surface area (TPSA) is 294 Å². The normalized spacial score (nSPS) is 19.6. The predicted octanol–water partition coefficient (Wildman–Crippen LogP) is 3.93. The molecule has 0 saturated carbocycles. The summed E-state index contributed by atoms with van der Waals surface area (Å²) in [6, 6.07) is 4.10. The highest BCUT2D eigenvalue weighted by Gasteiger charge is 2.48. The van der Waals surface area contributed by atoms with Crippen LogP contribution in [0.15, 0.2) is 30.3 Å². The summed E-state index contributed by atoms with van der Waals surface area (Å²) in [6.45, 7) is 5.95. The molecule has 1 heterocycles. The van der Waals surface area contributed by atoms with E-state index in [4.69, 9.17) is 19.9 Å². The van der Waals surface area contributed by atoms with Gasteiger partial charge >= 0.3 is 5.97 Å². The molecule has 69 heavy (non-hydrogen) atoms. The second-order valence-electron chi connectivity index (χ2n) is 18.2. The quantitative estimate of drug-likeness (QED) is 0.0425. The first kappa shape index (κ1) is 60.4. The summed E-state index contributed by atoms with van der Waals surface area (Å²) in [4.78, 5) is 87.9. The second kappa shape index (κ2) is 35.4. The minimum Gasteiger partial charge on any atom is -0.480 e. The number of carbonyl (C=O) groups is 7. The number of ether oxygens (including phenoxy) is 3. The molecule has 1 fully saturated rings. The Morgan fingerprint density at radius 3 is 1.87 bits per heavy atom. The van der Waals surface area contributed by atoms with E-state index in [1.165, 1.54) is 97.8 Å². The maximum Gasteiger partial charge on any atom is 0.326 e. The van der Waals surface area contributed by atoms with Crippen LogP contribution in [-0.4, -0.2) is 125 Å². The zero-order valence-electron chi connectivity index (χ0n) is 41.6. The van der Waals surface area contributed by atoms with Crippen molar-refractivity contribution in [3.8, 4) is 0 Å². The molecule has 2 rings (SSSR count). The smallest absolute Gasteiger partial charge is 0.326 e. The van der Waals surface area contributed by atoms with Crippen LogP contribution in [0.25, 0.3) is 0 Å². The first-order valence-corrected chi connectivity index (χ1v) is 25.3. The van der Waals surface area contributed by atoms with Gasteiger partial charge < -0.3 is 61.8 Å². The third-order valence-electron chi connectivity index (χ3n) is 12.2. The van der Waals surface area contributed by atoms with Crippen LogP contribution in [0.4, 0.5) is 0 Å². The standard InChI is InChI=1S/C50H84N6O13/c1-5-6-7-8-9-10-11-12-13-14-15-16-17-18-22-28-41(59)52-31-24-23-27-39(49(65)66)55-42(60)30-29-38(46(51)62)56-47(63)34(2)53-48(64)35(3)68-45-43(54-36(4)58)50(69-40(32-57)44(45)61)67-33-37-25-20-19-21-26-37/h19-21,25-26,34-35,38-40,43-45,50,57,61H,5-18,22-24,27-33H2,1-4H3,(H2,51,62)(H,52,59)(H,53,64)(H,54,58)(H,55,60)(H,56,63)(H,65,66)/t34-,35+,38+,39-,40+,43+,44+,45+,50-/m0/s1. The zero-order chi connectivity index (χ0) is 51.0. The van der Waals surface area contributed by atoms with Gasteiger partial charge in [0, 0.05) is 26.3 Å². The molecule has 19 heteroatoms. The largest absolute Gasteiger partial charge is 0.480 e. The van der Waals surface area contributed by atoms with Crippen molar-refractivity contribution in [2.75, 3.05) is 13.2 Å². The van der Waals surface area contributed by atoms with Gasteiger partial charge in [-0.05, 0) is 51.5 Å². The SMILES string of the molecule is CCCCCCCCCCCCCCCCCC(=O)NCCCC[C@H](NC(=O)CC[C@@H](NC(=O)[C@H](C)NC(=O)[C@@H](C)O[C@H]1[C@H](O)[C@@H](CO)O[C@H](OCc2ccccc2)[C@@H]1NC(C)=O)C(N)=O)C(=O)O. The number of hydrogen-bond acceptors (Lipinski definition) is 12. The molecule has 6 amide bonds. The lowest BCUT2D eigenvalue weighted by Gasteiger charge is -2.44. The van der Waals surface area contributed by atoms with E-state index in [2.05, 4.69) is 33.5 Å². The highest BCUT2D eigenvalue weighted by molar-refractivity contribution is 5.92. The molecule has 1 aromatic carbocycles. The van der Waals surface area contributed by atoms with Gasteiger partial charge in [-0.3, -0.25) is 28.8 Å². The van der Waals surface area contributed by atoms with Gasteiger partial charge in [-0.25, -0.2) is 4.79 Å². The van der Waals surface area contributed by atoms with Crippen LogP contribution >= 0.6 is 0 Å². The molecule has 0 spiro atoms. The number of carboxylic acid groups (broad SMARTS) is 1. The molecule has 19 nitrogen and oxygen atoms in total. The maximum absolute atomic E-state index is 13.3. The fraction of sp³-hybridized carbons (Fsp3) is 0.740. The number of benzene rings is 1. The van der Waals surface area contributed by atoms with Crippen LogP contribution in [0.1, 0.15) is 168 Å². The summed E-state index contributed by atoms with van der Waals surface area (Å²) >= 11 is 0. The summed E-state index contributed by atoms with van der Waals surface area (Å²) in [5.41, 5.74) is 6.29. The van der Waals surface area contributed by atoms with Crippen LogP contribution in [0.5, 0.6) is 0 Å². The second-order valence-corrected chi connectivity index (χ2v) is 18.2. The molecule has 9 atom stereocenters. The zero-order valence-corrected chi connectivity index (χ0v) is 41.6. The summed E-state index contributed by atoms with van der Waals surface area (Å²) < 4.78 is 17.6. The van der Waals surface area contributed by atoms with Crippen LogP contribution in [-0.2, 0) is 54.4 Å². The first-order valence-electron chi connectivity index (χ1n) is 25.3. The highest BCUT2D eigenvalue weighted by Crippen LogP contribution is 2.27. The maximum atomic E-state index is 13.3. The van der Waals surface area contributed by atoms with Crippen molar-refractivity contribution in [1.82, 2.24) is 26.6 Å². The van der Waals surface area contributed by atoms with Crippen molar-refractivity contribution in [2.45, 2.75) is 224 Å². The minimum atomic E-state index is -1.52. The number of hydrogen-bond donors (Lipinski definition) is 9. The molecule has 1 saturated heterocycles. The first-order chi connectivity index (χ1) is 33.1. The van der Waals surface area contributed by atoms with Gasteiger partial charge in [-0.1, -0.05) is 127 Å². The van der Waals surface area contributed by atoms with Crippen LogP contribution in [0, 0.1) is 0 Å². The lowest BCUT2D eigenvalue weighted by molar-refractivity contribution is -0.283. The van der Waals surface area contributed by atoms with E-state index in [1.807, 2.05) is 18.2 Å². The lowest BCUT2D eigenvalue weighted by atomic mass is 9.96. The Morgan fingerprint density at radius 2 is 1.32 bits per heavy atom. The number of aliphatic hydroxyl groups excluding tert-OH is 2. The van der Waals surface area contributed by atoms with Gasteiger partial charge in [0.1, 0.15) is 48.6 Å². The van der Waals surface area contributed by atoms with Crippen LogP contribution in [0.2, 0.25) is 0 Å². The van der Waals surface area contributed by atoms with Gasteiger partial charge in [0.2, 0.25) is 35.4 Å². The Kier molecular flexibility index (Phi) is 31.0. The number of aliphatic hydroxyl groups is 2. The van der Waals surface area contributed by atoms with E-state index < -0.39 is 97.0 Å². The molecule has 0 unspecified atom stereocenters. The van der Waals surface area contributed by atoms with E-state index in [0.717, 1.165) is 24.8 Å². The fourth-order valence-electron chi connectivity index (χ4n) is 8.03. The molecular weight excluding hydrogens is 893 g/mol. The predicted molar refractivity (Wildman–Crippen MR) is 259 cm³/mol. The molecule has 0 bridgehead atoms. The van der Waals surface area contributed by atoms with E-state index in [-0.39, 0.29) is 31.8 Å². The van der Waals surface area contributed by atoms with Crippen LogP contribution < -0.4 is 32.3 Å². The number of carboxylic acids is 1. The number of unbranched alkanes of at least 4 members (excludes halogenated alkanes) is 15. The number of nitrogens with two attached hydrogens (primary N) is 1. The molecule has 10 N–H and O–H groups in total. The van der Waals surface area contributed by atoms with E-state index in [1.54, 1.807) is 12.1 Å². The molecule has 1 aliphatic rings. The number of rotatable bonds is 38. The number of carbonyl (C=O) groups excluding carboxylic acids is 6. The van der Waals surface area contributed by atoms with E-state index in [0.29, 0.717) is 25.8 Å². The van der Waals surface area contributed by atoms with Gasteiger partial charge in [-0.15, -0.1) is 0 Å². The van der Waals surface area contributed by atoms with E-state index in [9.17, 15) is 48.9 Å². The van der Waals surface area contributed by atoms with Gasteiger partial charge in [0.15, 0.2) is 6.29 Å². The Labute approximate surface area is 408 Å². The summed E-state index contributed by atoms with van der Waals surface area (Å²) in [6.07, 6.45) is 13.1. The van der Waals surface area contributed by atoms with Gasteiger partial charge in [0.05, 0.1) is 13.2 Å². The van der Waals surface area contributed by atoms with Crippen molar-refractivity contribution in [2.24, 2.45) is 5.73 Å². The van der Waals surface area contributed by atoms with Gasteiger partial charge in [-0.2, -0.15) is 0 Å². The monoisotopic (exact) mass is 977 g/mol. The van der Waals surface area contributed by atoms with E-state index >= 15 is 0 Å². The molecule has 0 aromatic heterocycles. The summed E-state index contributed by atoms with van der Waals surface area (Å²) in [5, 5.41) is 43.5. The molecular formula is C50H84N6O13. The number of nitrogens with one attached hydrogen (secondary N) is 5. The average Bonchev–Trinajstić information content (AvgIpc) is 3.31. The Bertz CT molecular complexity index is 1670. The van der Waals surface area contributed by atoms with Gasteiger partial charge in [0.25, 0.3) is 0 Å². The highest BCUT2D eigenvalue weighted by atomic mass is 16.7. The molecule has 1 aliphatic heterocycles. The Hall–Kier alpha value is -4.69. The summed E-state index contributed by atoms with van der Waals surface area (Å²) in [5.74, 6) is -5.09. The molecule has 0 radical (unpaired) electrons. The Balaban J connectivity index is 1.72. The van der Waals surface area contributed by atoms with Crippen LogP contribution in [0.3, 0.4) is 0 Å². The molecule has 0 aliphatic carbocycles. The molecule has 392 valence electrons. The number of amides is 6. The Morgan fingerprint density at radius 1 is 0.725 bits per heavy atom. The summed E-state index contributed by atoms with van der Waals surface area (Å²) in [7, 11) is 0. The van der Waals surface area contributed by atoms with Crippen molar-refractivity contribution in [3.05, 3.63) is 35.9 Å². The lowest BCUT2D eigenvalue weighted by Crippen LogP contribution is -2.66. The average molecular weight is 977 g/mol. The fourth-order valence-corrected chi connectivity index (χ4v) is 8.03.